The summed E-state index contributed by atoms with van der Waals surface area (Å²) in [6.07, 6.45) is 4.82. The number of fused-ring (bicyclic) bond motifs is 1. The highest BCUT2D eigenvalue weighted by atomic mass is 16.5. The molecule has 30 heavy (non-hydrogen) atoms. The molecule has 0 atom stereocenters. The third-order valence-corrected chi connectivity index (χ3v) is 4.93. The van der Waals surface area contributed by atoms with Gasteiger partial charge in [0.05, 0.1) is 12.8 Å². The molecule has 0 saturated carbocycles. The molecule has 0 spiro atoms. The Kier molecular flexibility index (Phi) is 7.43. The number of unbranched alkanes of at least 4 members (excludes halogenated alkanes) is 2. The van der Waals surface area contributed by atoms with Gasteiger partial charge in [-0.2, -0.15) is 0 Å². The summed E-state index contributed by atoms with van der Waals surface area (Å²) >= 11 is 0. The zero-order valence-electron chi connectivity index (χ0n) is 17.5. The van der Waals surface area contributed by atoms with Crippen LogP contribution in [-0.4, -0.2) is 34.9 Å². The SMILES string of the molecule is COc1ccc(CNC(=O)CCCCCNC(=O)c2c(C)nc3ccccn23)cc1. The molecule has 2 heterocycles. The Morgan fingerprint density at radius 1 is 1.03 bits per heavy atom. The summed E-state index contributed by atoms with van der Waals surface area (Å²) in [5, 5.41) is 5.88. The topological polar surface area (TPSA) is 84.7 Å². The van der Waals surface area contributed by atoms with Gasteiger partial charge in [-0.1, -0.05) is 24.6 Å². The lowest BCUT2D eigenvalue weighted by Crippen LogP contribution is -2.26. The highest BCUT2D eigenvalue weighted by molar-refractivity contribution is 5.94. The van der Waals surface area contributed by atoms with Crippen LogP contribution in [0.25, 0.3) is 5.65 Å². The lowest BCUT2D eigenvalue weighted by atomic mass is 10.1. The van der Waals surface area contributed by atoms with Crippen LogP contribution in [0, 0.1) is 6.92 Å². The summed E-state index contributed by atoms with van der Waals surface area (Å²) in [6, 6.07) is 13.3. The molecule has 7 nitrogen and oxygen atoms in total. The molecule has 0 bridgehead atoms. The minimum Gasteiger partial charge on any atom is -0.497 e. The fourth-order valence-electron chi connectivity index (χ4n) is 3.29. The van der Waals surface area contributed by atoms with E-state index in [1.54, 1.807) is 11.5 Å². The molecule has 3 aromatic rings. The zero-order chi connectivity index (χ0) is 21.3. The van der Waals surface area contributed by atoms with E-state index in [9.17, 15) is 9.59 Å². The van der Waals surface area contributed by atoms with Gasteiger partial charge in [-0.25, -0.2) is 4.98 Å². The van der Waals surface area contributed by atoms with E-state index < -0.39 is 0 Å². The number of ether oxygens (including phenoxy) is 1. The smallest absolute Gasteiger partial charge is 0.270 e. The second kappa shape index (κ2) is 10.4. The van der Waals surface area contributed by atoms with Gasteiger partial charge < -0.3 is 15.4 Å². The van der Waals surface area contributed by atoms with E-state index in [1.807, 2.05) is 55.6 Å². The summed E-state index contributed by atoms with van der Waals surface area (Å²) < 4.78 is 6.93. The molecule has 2 aromatic heterocycles. The van der Waals surface area contributed by atoms with E-state index in [4.69, 9.17) is 4.74 Å². The molecular formula is C23H28N4O3. The van der Waals surface area contributed by atoms with Crippen molar-refractivity contribution in [2.45, 2.75) is 39.2 Å². The monoisotopic (exact) mass is 408 g/mol. The quantitative estimate of drug-likeness (QED) is 0.504. The first kappa shape index (κ1) is 21.4. The molecule has 0 radical (unpaired) electrons. The van der Waals surface area contributed by atoms with E-state index in [0.29, 0.717) is 30.9 Å². The van der Waals surface area contributed by atoms with Crippen molar-refractivity contribution in [1.29, 1.82) is 0 Å². The van der Waals surface area contributed by atoms with Crippen molar-refractivity contribution >= 4 is 17.5 Å². The number of hydrogen-bond acceptors (Lipinski definition) is 4. The third-order valence-electron chi connectivity index (χ3n) is 4.93. The summed E-state index contributed by atoms with van der Waals surface area (Å²) in [4.78, 5) is 28.9. The number of imidazole rings is 1. The first-order chi connectivity index (χ1) is 14.6. The average molecular weight is 409 g/mol. The van der Waals surface area contributed by atoms with Crippen LogP contribution in [0.1, 0.15) is 47.4 Å². The molecule has 2 N–H and O–H groups in total. The van der Waals surface area contributed by atoms with Crippen molar-refractivity contribution in [2.75, 3.05) is 13.7 Å². The lowest BCUT2D eigenvalue weighted by molar-refractivity contribution is -0.121. The highest BCUT2D eigenvalue weighted by Crippen LogP contribution is 2.12. The number of pyridine rings is 1. The molecule has 3 rings (SSSR count). The van der Waals surface area contributed by atoms with Crippen LogP contribution in [0.4, 0.5) is 0 Å². The number of amides is 2. The average Bonchev–Trinajstić information content (AvgIpc) is 3.10. The maximum atomic E-state index is 12.5. The Morgan fingerprint density at radius 2 is 1.83 bits per heavy atom. The Balaban J connectivity index is 1.31. The molecule has 0 aliphatic rings. The van der Waals surface area contributed by atoms with Crippen molar-refractivity contribution in [2.24, 2.45) is 0 Å². The van der Waals surface area contributed by atoms with Gasteiger partial charge in [-0.15, -0.1) is 0 Å². The summed E-state index contributed by atoms with van der Waals surface area (Å²) in [6.45, 7) is 2.93. The van der Waals surface area contributed by atoms with E-state index in [-0.39, 0.29) is 11.8 Å². The third kappa shape index (κ3) is 5.59. The number of methoxy groups -OCH3 is 1. The Bertz CT molecular complexity index is 995. The minimum absolute atomic E-state index is 0.0382. The van der Waals surface area contributed by atoms with Gasteiger partial charge >= 0.3 is 0 Å². The van der Waals surface area contributed by atoms with Crippen LogP contribution in [0.15, 0.2) is 48.7 Å². The number of aryl methyl sites for hydroxylation is 1. The maximum Gasteiger partial charge on any atom is 0.270 e. The standard InChI is InChI=1S/C23H28N4O3/c1-17-22(27-15-7-5-8-20(27)26-17)23(29)24-14-6-3-4-9-21(28)25-16-18-10-12-19(30-2)13-11-18/h5,7-8,10-13,15H,3-4,6,9,14,16H2,1-2H3,(H,24,29)(H,25,28). The Labute approximate surface area is 176 Å². The van der Waals surface area contributed by atoms with Crippen molar-refractivity contribution < 1.29 is 14.3 Å². The van der Waals surface area contributed by atoms with Gasteiger partial charge in [0.25, 0.3) is 5.91 Å². The van der Waals surface area contributed by atoms with E-state index in [2.05, 4.69) is 15.6 Å². The molecule has 0 unspecified atom stereocenters. The van der Waals surface area contributed by atoms with Gasteiger partial charge in [0.1, 0.15) is 17.1 Å². The number of aromatic nitrogens is 2. The lowest BCUT2D eigenvalue weighted by Gasteiger charge is -2.07. The van der Waals surface area contributed by atoms with Crippen LogP contribution in [0.3, 0.4) is 0 Å². The molecule has 7 heteroatoms. The number of nitrogens with zero attached hydrogens (tertiary/aromatic N) is 2. The van der Waals surface area contributed by atoms with Crippen LogP contribution in [-0.2, 0) is 11.3 Å². The van der Waals surface area contributed by atoms with E-state index in [1.165, 1.54) is 0 Å². The molecule has 0 fully saturated rings. The summed E-state index contributed by atoms with van der Waals surface area (Å²) in [5.41, 5.74) is 3.09. The first-order valence-electron chi connectivity index (χ1n) is 10.2. The van der Waals surface area contributed by atoms with Crippen LogP contribution in [0.5, 0.6) is 5.75 Å². The maximum absolute atomic E-state index is 12.5. The second-order valence-corrected chi connectivity index (χ2v) is 7.17. The number of benzene rings is 1. The van der Waals surface area contributed by atoms with Crippen LogP contribution >= 0.6 is 0 Å². The van der Waals surface area contributed by atoms with E-state index in [0.717, 1.165) is 36.2 Å². The Hall–Kier alpha value is -3.35. The molecule has 0 saturated heterocycles. The number of nitrogens with one attached hydrogen (secondary N) is 2. The van der Waals surface area contributed by atoms with Crippen molar-refractivity contribution in [3.63, 3.8) is 0 Å². The largest absolute Gasteiger partial charge is 0.497 e. The number of carbonyl (C=O) groups is 2. The van der Waals surface area contributed by atoms with Gasteiger partial charge in [0.15, 0.2) is 0 Å². The van der Waals surface area contributed by atoms with Crippen LogP contribution < -0.4 is 15.4 Å². The molecule has 2 amide bonds. The number of carbonyl (C=O) groups excluding carboxylic acids is 2. The van der Waals surface area contributed by atoms with Crippen molar-refractivity contribution in [1.82, 2.24) is 20.0 Å². The van der Waals surface area contributed by atoms with Crippen LogP contribution in [0.2, 0.25) is 0 Å². The predicted molar refractivity (Wildman–Crippen MR) is 116 cm³/mol. The molecule has 158 valence electrons. The van der Waals surface area contributed by atoms with Crippen molar-refractivity contribution in [3.05, 3.63) is 65.6 Å². The van der Waals surface area contributed by atoms with Gasteiger partial charge in [-0.05, 0) is 49.6 Å². The normalized spacial score (nSPS) is 10.7. The summed E-state index contributed by atoms with van der Waals surface area (Å²) in [5.74, 6) is 0.716. The zero-order valence-corrected chi connectivity index (χ0v) is 17.5. The van der Waals surface area contributed by atoms with Crippen molar-refractivity contribution in [3.8, 4) is 5.75 Å². The minimum atomic E-state index is -0.122. The predicted octanol–water partition coefficient (Wildman–Crippen LogP) is 3.26. The van der Waals surface area contributed by atoms with Gasteiger partial charge in [0, 0.05) is 25.7 Å². The first-order valence-corrected chi connectivity index (χ1v) is 10.2. The van der Waals surface area contributed by atoms with Gasteiger partial charge in [0.2, 0.25) is 5.91 Å². The van der Waals surface area contributed by atoms with E-state index >= 15 is 0 Å². The fourth-order valence-corrected chi connectivity index (χ4v) is 3.29. The molecule has 0 aliphatic carbocycles. The fraction of sp³-hybridized carbons (Fsp3) is 0.348. The number of hydrogen-bond donors (Lipinski definition) is 2. The molecular weight excluding hydrogens is 380 g/mol. The Morgan fingerprint density at radius 3 is 2.60 bits per heavy atom. The highest BCUT2D eigenvalue weighted by Gasteiger charge is 2.15. The second-order valence-electron chi connectivity index (χ2n) is 7.17. The molecule has 0 aliphatic heterocycles. The van der Waals surface area contributed by atoms with Gasteiger partial charge in [-0.3, -0.25) is 14.0 Å². The molecule has 1 aromatic carbocycles. The summed E-state index contributed by atoms with van der Waals surface area (Å²) in [7, 11) is 1.63. The number of rotatable bonds is 10.